The van der Waals surface area contributed by atoms with E-state index in [0.29, 0.717) is 0 Å². The molecule has 0 aliphatic heterocycles. The van der Waals surface area contributed by atoms with Gasteiger partial charge in [-0.05, 0) is 77.5 Å². The Morgan fingerprint density at radius 3 is 2.08 bits per heavy atom. The molecule has 1 aliphatic carbocycles. The number of amides is 3. The van der Waals surface area contributed by atoms with E-state index in [1.165, 1.54) is 0 Å². The van der Waals surface area contributed by atoms with Gasteiger partial charge in [0.25, 0.3) is 5.91 Å². The van der Waals surface area contributed by atoms with Gasteiger partial charge in [-0.2, -0.15) is 12.6 Å². The van der Waals surface area contributed by atoms with Crippen molar-refractivity contribution < 1.29 is 19.1 Å². The predicted octanol–water partition coefficient (Wildman–Crippen LogP) is 5.66. The van der Waals surface area contributed by atoms with E-state index in [9.17, 15) is 14.4 Å². The van der Waals surface area contributed by atoms with Crippen LogP contribution >= 0.6 is 12.6 Å². The van der Waals surface area contributed by atoms with Gasteiger partial charge in [0.1, 0.15) is 17.7 Å². The van der Waals surface area contributed by atoms with Crippen molar-refractivity contribution in [2.75, 3.05) is 11.1 Å². The molecule has 0 aromatic heterocycles. The minimum atomic E-state index is -0.956. The Morgan fingerprint density at radius 1 is 1.05 bits per heavy atom. The Morgan fingerprint density at radius 2 is 1.61 bits per heavy atom. The Labute approximate surface area is 232 Å². The van der Waals surface area contributed by atoms with Crippen LogP contribution in [-0.4, -0.2) is 46.2 Å². The van der Waals surface area contributed by atoms with Crippen LogP contribution in [0.2, 0.25) is 0 Å². The summed E-state index contributed by atoms with van der Waals surface area (Å²) in [5.41, 5.74) is 4.63. The van der Waals surface area contributed by atoms with Gasteiger partial charge in [0, 0.05) is 17.5 Å². The van der Waals surface area contributed by atoms with Gasteiger partial charge in [-0.25, -0.2) is 4.79 Å². The van der Waals surface area contributed by atoms with Gasteiger partial charge in [-0.15, -0.1) is 0 Å². The van der Waals surface area contributed by atoms with E-state index in [-0.39, 0.29) is 29.5 Å². The highest BCUT2D eigenvalue weighted by Crippen LogP contribution is 2.41. The summed E-state index contributed by atoms with van der Waals surface area (Å²) in [6.45, 7) is 15.2. The van der Waals surface area contributed by atoms with Gasteiger partial charge in [0.2, 0.25) is 5.91 Å². The zero-order valence-electron chi connectivity index (χ0n) is 23.7. The molecule has 0 heterocycles. The first kappa shape index (κ1) is 29.6. The number of ether oxygens (including phenoxy) is 1. The van der Waals surface area contributed by atoms with Crippen molar-refractivity contribution >= 4 is 36.2 Å². The van der Waals surface area contributed by atoms with Crippen LogP contribution in [0.5, 0.6) is 0 Å². The molecule has 3 amide bonds. The number of para-hydroxylation sites is 1. The molecule has 1 saturated carbocycles. The summed E-state index contributed by atoms with van der Waals surface area (Å²) in [5, 5.41) is 5.79. The molecule has 1 aliphatic rings. The van der Waals surface area contributed by atoms with Crippen molar-refractivity contribution in [2.45, 2.75) is 85.5 Å². The van der Waals surface area contributed by atoms with Gasteiger partial charge < -0.3 is 20.3 Å². The first-order chi connectivity index (χ1) is 17.7. The molecule has 3 rings (SSSR count). The lowest BCUT2D eigenvalue weighted by Crippen LogP contribution is -2.54. The number of rotatable bonds is 8. The van der Waals surface area contributed by atoms with Crippen LogP contribution in [-0.2, 0) is 14.3 Å². The monoisotopic (exact) mass is 539 g/mol. The van der Waals surface area contributed by atoms with E-state index >= 15 is 0 Å². The number of aryl methyl sites for hydroxylation is 4. The predicted molar refractivity (Wildman–Crippen MR) is 155 cm³/mol. The van der Waals surface area contributed by atoms with Crippen molar-refractivity contribution in [3.63, 3.8) is 0 Å². The van der Waals surface area contributed by atoms with Crippen LogP contribution in [0.15, 0.2) is 36.4 Å². The second-order valence-electron chi connectivity index (χ2n) is 11.5. The molecule has 206 valence electrons. The Bertz CT molecular complexity index is 1170. The van der Waals surface area contributed by atoms with E-state index in [1.54, 1.807) is 25.7 Å². The largest absolute Gasteiger partial charge is 0.444 e. The van der Waals surface area contributed by atoms with Gasteiger partial charge in [0.15, 0.2) is 0 Å². The third-order valence-electron chi connectivity index (χ3n) is 6.67. The standard InChI is InChI=1S/C30H41N3O4S/c1-17-12-18(2)14-22(13-17)26(27(34)32-25-19(3)10-9-11-20(25)4)33(24-15-21(24)5)28(35)23(16-38)31-29(36)37-30(6,7)8/h9-14,21,23-24,26,38H,15-16H2,1-8H3,(H,31,36)(H,32,34). The lowest BCUT2D eigenvalue weighted by molar-refractivity contribution is -0.141. The fourth-order valence-electron chi connectivity index (χ4n) is 4.80. The first-order valence-corrected chi connectivity index (χ1v) is 13.7. The fourth-order valence-corrected chi connectivity index (χ4v) is 5.04. The highest BCUT2D eigenvalue weighted by molar-refractivity contribution is 7.80. The highest BCUT2D eigenvalue weighted by atomic mass is 32.1. The van der Waals surface area contributed by atoms with E-state index in [1.807, 2.05) is 64.1 Å². The Kier molecular flexibility index (Phi) is 9.18. The van der Waals surface area contributed by atoms with Crippen LogP contribution in [0.4, 0.5) is 10.5 Å². The molecular weight excluding hydrogens is 498 g/mol. The second kappa shape index (κ2) is 11.8. The van der Waals surface area contributed by atoms with E-state index in [0.717, 1.165) is 39.9 Å². The van der Waals surface area contributed by atoms with Crippen molar-refractivity contribution in [3.05, 3.63) is 64.2 Å². The molecule has 2 N–H and O–H groups in total. The maximum atomic E-state index is 14.1. The summed E-state index contributed by atoms with van der Waals surface area (Å²) in [4.78, 5) is 42.4. The molecule has 2 aromatic rings. The number of anilines is 1. The van der Waals surface area contributed by atoms with Crippen LogP contribution in [0.3, 0.4) is 0 Å². The Hall–Kier alpha value is -3.00. The molecule has 4 atom stereocenters. The minimum Gasteiger partial charge on any atom is -0.444 e. The maximum Gasteiger partial charge on any atom is 0.408 e. The van der Waals surface area contributed by atoms with Gasteiger partial charge >= 0.3 is 6.09 Å². The van der Waals surface area contributed by atoms with Crippen molar-refractivity contribution in [3.8, 4) is 0 Å². The van der Waals surface area contributed by atoms with E-state index in [2.05, 4.69) is 30.2 Å². The molecule has 0 bridgehead atoms. The number of nitrogens with one attached hydrogen (secondary N) is 2. The van der Waals surface area contributed by atoms with E-state index < -0.39 is 23.8 Å². The molecule has 8 heteroatoms. The lowest BCUT2D eigenvalue weighted by atomic mass is 9.97. The average molecular weight is 540 g/mol. The summed E-state index contributed by atoms with van der Waals surface area (Å²) >= 11 is 4.38. The smallest absolute Gasteiger partial charge is 0.408 e. The number of hydrogen-bond acceptors (Lipinski definition) is 5. The van der Waals surface area contributed by atoms with Crippen molar-refractivity contribution in [1.29, 1.82) is 0 Å². The molecule has 7 nitrogen and oxygen atoms in total. The summed E-state index contributed by atoms with van der Waals surface area (Å²) in [5.74, 6) is -0.369. The molecule has 38 heavy (non-hydrogen) atoms. The molecule has 4 unspecified atom stereocenters. The quantitative estimate of drug-likeness (QED) is 0.378. The number of alkyl carbamates (subject to hydrolysis) is 1. The third-order valence-corrected chi connectivity index (χ3v) is 7.03. The topological polar surface area (TPSA) is 87.7 Å². The summed E-state index contributed by atoms with van der Waals surface area (Å²) < 4.78 is 5.39. The van der Waals surface area contributed by atoms with E-state index in [4.69, 9.17) is 4.74 Å². The average Bonchev–Trinajstić information content (AvgIpc) is 3.51. The SMILES string of the molecule is Cc1cc(C)cc(C(C(=O)Nc2c(C)cccc2C)N(C(=O)C(CS)NC(=O)OC(C)(C)C)C2CC2C)c1. The summed E-state index contributed by atoms with van der Waals surface area (Å²) in [6, 6.07) is 9.79. The molecule has 0 saturated heterocycles. The zero-order chi connectivity index (χ0) is 28.4. The molecule has 1 fully saturated rings. The maximum absolute atomic E-state index is 14.1. The molecule has 0 radical (unpaired) electrons. The first-order valence-electron chi connectivity index (χ1n) is 13.1. The molecular formula is C30H41N3O4S. The normalized spacial score (nSPS) is 18.2. The van der Waals surface area contributed by atoms with Crippen molar-refractivity contribution in [2.24, 2.45) is 5.92 Å². The molecule has 2 aromatic carbocycles. The molecule has 0 spiro atoms. The minimum absolute atomic E-state index is 0.0633. The van der Waals surface area contributed by atoms with Crippen LogP contribution < -0.4 is 10.6 Å². The van der Waals surface area contributed by atoms with Crippen LogP contribution in [0.1, 0.15) is 68.0 Å². The van der Waals surface area contributed by atoms with Crippen LogP contribution in [0, 0.1) is 33.6 Å². The number of thiol groups is 1. The van der Waals surface area contributed by atoms with Gasteiger partial charge in [0.05, 0.1) is 0 Å². The Balaban J connectivity index is 2.05. The number of nitrogens with zero attached hydrogens (tertiary/aromatic N) is 1. The summed E-state index contributed by atoms with van der Waals surface area (Å²) in [6.07, 6.45) is 0.0757. The van der Waals surface area contributed by atoms with Gasteiger partial charge in [-0.1, -0.05) is 54.4 Å². The lowest BCUT2D eigenvalue weighted by Gasteiger charge is -2.35. The number of benzene rings is 2. The third kappa shape index (κ3) is 7.31. The fraction of sp³-hybridized carbons (Fsp3) is 0.500. The number of hydrogen-bond donors (Lipinski definition) is 3. The zero-order valence-corrected chi connectivity index (χ0v) is 24.6. The number of carbonyl (C=O) groups excluding carboxylic acids is 3. The van der Waals surface area contributed by atoms with Crippen molar-refractivity contribution in [1.82, 2.24) is 10.2 Å². The number of carbonyl (C=O) groups is 3. The van der Waals surface area contributed by atoms with Crippen LogP contribution in [0.25, 0.3) is 0 Å². The highest BCUT2D eigenvalue weighted by Gasteiger charge is 2.48. The van der Waals surface area contributed by atoms with Gasteiger partial charge in [-0.3, -0.25) is 9.59 Å². The summed E-state index contributed by atoms with van der Waals surface area (Å²) in [7, 11) is 0. The second-order valence-corrected chi connectivity index (χ2v) is 11.9.